The van der Waals surface area contributed by atoms with E-state index in [1.54, 1.807) is 0 Å². The molecule has 2 heterocycles. The molecule has 0 N–H and O–H groups in total. The van der Waals surface area contributed by atoms with Gasteiger partial charge in [0.2, 0.25) is 11.8 Å². The summed E-state index contributed by atoms with van der Waals surface area (Å²) < 4.78 is 402. The van der Waals surface area contributed by atoms with E-state index in [9.17, 15) is 63.2 Å². The second kappa shape index (κ2) is 32.7. The van der Waals surface area contributed by atoms with E-state index in [1.165, 1.54) is 64.1 Å². The number of aromatic nitrogens is 4. The maximum Gasteiger partial charge on any atom is 0.416 e. The Balaban J connectivity index is 0.000000292. The molecule has 0 atom stereocenters. The van der Waals surface area contributed by atoms with E-state index < -0.39 is 274 Å². The highest BCUT2D eigenvalue weighted by Gasteiger charge is 2.33. The van der Waals surface area contributed by atoms with Crippen molar-refractivity contribution in [2.75, 3.05) is 52.2 Å². The van der Waals surface area contributed by atoms with Gasteiger partial charge in [0.1, 0.15) is 24.6 Å². The van der Waals surface area contributed by atoms with Crippen LogP contribution in [0.15, 0.2) is 159 Å². The standard InChI is InChI=1S/C37H40F4N4O2S.C36H38F4N4O2S/c1-4-43(5-2)19-20-44(22-26-9-13-28(14-10-26)29-15-18-32(25(3)21-29)37(39,40)41)34(46)23-45-33-8-6-7-31(33)35(47)42-36(45)48-24-27-11-16-30(38)17-12-27;1-3-42(4-2)20-21-43(22-25-8-12-27(13-9-25)28-14-16-29(17-15-28)36(38,39)40)33(45)23-44-32-7-5-6-31(32)34(46)41-35(44)47-24-26-10-18-30(37)19-11-26/h9-18,21H,4-8,19-20,22-24H2,1-3H3;8-19H,3-7,20-24H2,1-2H3/i6D2,7D2,8D2,9D,10D,13D,14D,15D,18D,19D2,20D2,21D,22D2,23D2;10D,11D,18D,19D,20D2,21D2,22D2,23D2. The van der Waals surface area contributed by atoms with Crippen LogP contribution in [-0.4, -0.2) is 103 Å². The van der Waals surface area contributed by atoms with Crippen molar-refractivity contribution >= 4 is 35.3 Å². The second-order valence-corrected chi connectivity index (χ2v) is 22.0. The van der Waals surface area contributed by atoms with Gasteiger partial charge in [-0.3, -0.25) is 19.2 Å². The van der Waals surface area contributed by atoms with Crippen molar-refractivity contribution in [2.45, 2.75) is 133 Å². The summed E-state index contributed by atoms with van der Waals surface area (Å²) in [6.07, 6.45) is -20.8. The monoisotopic (exact) mass is 1380 g/mol. The number of likely N-dealkylation sites (N-methyl/N-ethyl adjacent to an activating group) is 2. The molecular formula is C73H78F8N8O4S2. The van der Waals surface area contributed by atoms with Crippen LogP contribution in [-0.2, 0) is 85.0 Å². The molecule has 0 saturated carbocycles. The Bertz CT molecular complexity index is 5720. The van der Waals surface area contributed by atoms with Gasteiger partial charge in [0.15, 0.2) is 10.3 Å². The number of benzene rings is 6. The van der Waals surface area contributed by atoms with Gasteiger partial charge in [-0.2, -0.15) is 36.3 Å². The summed E-state index contributed by atoms with van der Waals surface area (Å²) >= 11 is 0.807. The van der Waals surface area contributed by atoms with Gasteiger partial charge in [-0.15, -0.1) is 0 Å². The lowest BCUT2D eigenvalue weighted by Gasteiger charge is -2.28. The third-order valence-corrected chi connectivity index (χ3v) is 15.8. The van der Waals surface area contributed by atoms with Crippen LogP contribution >= 0.6 is 23.5 Å². The summed E-state index contributed by atoms with van der Waals surface area (Å²) in [5, 5.41) is -1.61. The summed E-state index contributed by atoms with van der Waals surface area (Å²) in [5.41, 5.74) is -13.0. The van der Waals surface area contributed by atoms with Gasteiger partial charge in [0.05, 0.1) is 42.7 Å². The molecular weight excluding hydrogens is 1270 g/mol. The van der Waals surface area contributed by atoms with E-state index in [4.69, 9.17) is 31.5 Å². The highest BCUT2D eigenvalue weighted by Crippen LogP contribution is 2.36. The summed E-state index contributed by atoms with van der Waals surface area (Å²) in [5.74, 6) is -7.64. The minimum absolute atomic E-state index is 0.00338. The molecule has 95 heavy (non-hydrogen) atoms. The Morgan fingerprint density at radius 2 is 1.04 bits per heavy atom. The number of hydrogen-bond acceptors (Lipinski definition) is 10. The lowest BCUT2D eigenvalue weighted by Crippen LogP contribution is -2.40. The maximum atomic E-state index is 15.3. The summed E-state index contributed by atoms with van der Waals surface area (Å²) in [6, 6.07) is -0.505. The first-order valence-corrected chi connectivity index (χ1v) is 30.8. The van der Waals surface area contributed by atoms with Crippen LogP contribution in [0, 0.1) is 18.6 Å². The minimum Gasteiger partial charge on any atom is -0.336 e. The van der Waals surface area contributed by atoms with Gasteiger partial charge in [-0.1, -0.05) is 148 Å². The zero-order chi connectivity index (χ0) is 97.3. The van der Waals surface area contributed by atoms with Gasteiger partial charge in [0, 0.05) is 86.7 Å². The van der Waals surface area contributed by atoms with E-state index in [0.29, 0.717) is 50.5 Å². The Hall–Kier alpha value is -7.92. The molecule has 0 saturated heterocycles. The van der Waals surface area contributed by atoms with Crippen molar-refractivity contribution in [1.29, 1.82) is 0 Å². The number of carbonyl (C=O) groups is 2. The Kier molecular flexibility index (Phi) is 13.5. The lowest BCUT2D eigenvalue weighted by molar-refractivity contribution is -0.138. The van der Waals surface area contributed by atoms with Crippen molar-refractivity contribution in [3.63, 3.8) is 0 Å². The fourth-order valence-electron chi connectivity index (χ4n) is 8.87. The first kappa shape index (κ1) is 39.3. The molecule has 12 nitrogen and oxygen atoms in total. The van der Waals surface area contributed by atoms with E-state index in [0.717, 1.165) is 48.2 Å². The van der Waals surface area contributed by atoms with Crippen molar-refractivity contribution in [1.82, 2.24) is 38.7 Å². The topological polar surface area (TPSA) is 117 Å². The number of hydrogen-bond donors (Lipinski definition) is 0. The molecule has 0 aliphatic heterocycles. The van der Waals surface area contributed by atoms with Crippen LogP contribution in [0.3, 0.4) is 0 Å². The third kappa shape index (κ3) is 19.0. The predicted molar refractivity (Wildman–Crippen MR) is 358 cm³/mol. The zero-order valence-corrected chi connectivity index (χ0v) is 52.5. The molecule has 502 valence electrons. The van der Waals surface area contributed by atoms with Crippen molar-refractivity contribution in [2.24, 2.45) is 0 Å². The summed E-state index contributed by atoms with van der Waals surface area (Å²) in [4.78, 5) is 65.4. The van der Waals surface area contributed by atoms with Crippen molar-refractivity contribution in [3.05, 3.63) is 233 Å². The molecule has 2 amide bonds. The fourth-order valence-corrected chi connectivity index (χ4v) is 10.6. The van der Waals surface area contributed by atoms with Crippen molar-refractivity contribution in [3.8, 4) is 22.3 Å². The lowest BCUT2D eigenvalue weighted by atomic mass is 9.98. The second-order valence-electron chi connectivity index (χ2n) is 20.1. The predicted octanol–water partition coefficient (Wildman–Crippen LogP) is 14.7. The van der Waals surface area contributed by atoms with Gasteiger partial charge >= 0.3 is 12.4 Å². The van der Waals surface area contributed by atoms with E-state index in [1.807, 2.05) is 0 Å². The highest BCUT2D eigenvalue weighted by atomic mass is 32.2. The molecule has 0 unspecified atom stereocenters. The van der Waals surface area contributed by atoms with Gasteiger partial charge in [-0.05, 0) is 164 Å². The fraction of sp³-hybridized carbons (Fsp3) is 0.370. The first-order chi connectivity index (χ1) is 58.5. The molecule has 2 aromatic heterocycles. The number of nitrogens with zero attached hydrogens (tertiary/aromatic N) is 8. The zero-order valence-electron chi connectivity index (χ0n) is 83.8. The smallest absolute Gasteiger partial charge is 0.336 e. The molecule has 0 radical (unpaired) electrons. The van der Waals surface area contributed by atoms with E-state index >= 15 is 4.79 Å². The van der Waals surface area contributed by atoms with Crippen LogP contribution < -0.4 is 11.1 Å². The minimum atomic E-state index is -5.29. The maximum absolute atomic E-state index is 15.3. The molecule has 0 bridgehead atoms. The Morgan fingerprint density at radius 1 is 0.547 bits per heavy atom. The Labute approximate surface area is 603 Å². The highest BCUT2D eigenvalue weighted by molar-refractivity contribution is 7.98. The SMILES string of the molecule is [2H]c1c([2H])c(C([2H])([2H])N(C(=O)C([2H])([2H])n2c(SCc3ccc(F)cc3)nc(=O)c3c2C([2H])([2H])C([2H])([2H])C3([2H])[2H])C([2H])([2H])C([2H])([2H])N(CC)CC)c([2H])c([2H])c1-c1c([2H])c([2H])c(C(F)(F)F)c(C)c1[2H].[2H]c1c([2H])c(CSc2nc(=O)c3c(n2C([2H])([2H])C(=O)N(C([2H])([2H])c2ccc(-c4ccc(C(F)(F)F)cc4)cc2)C([2H])([2H])C([2H])([2H])N(CC)CC)CCC3)c([2H])c([2H])c1F. The molecule has 10 rings (SSSR count). The third-order valence-electron chi connectivity index (χ3n) is 13.9. The molecule has 22 heteroatoms. The number of rotatable bonds is 26. The number of carbonyl (C=O) groups excluding carboxylic acids is 2. The van der Waals surface area contributed by atoms with Crippen LogP contribution in [0.2, 0.25) is 0 Å². The van der Waals surface area contributed by atoms with Gasteiger partial charge < -0.3 is 28.7 Å². The quantitative estimate of drug-likeness (QED) is 0.0295. The number of fused-ring (bicyclic) bond motifs is 2. The number of halogens is 8. The molecule has 2 aliphatic rings. The average molecular weight is 1380 g/mol. The molecule has 8 aromatic rings. The molecule has 0 spiro atoms. The van der Waals surface area contributed by atoms with Crippen LogP contribution in [0.1, 0.15) is 147 Å². The first-order valence-electron chi connectivity index (χ1n) is 45.3. The number of amides is 2. The largest absolute Gasteiger partial charge is 0.416 e. The van der Waals surface area contributed by atoms with Crippen LogP contribution in [0.4, 0.5) is 35.1 Å². The Morgan fingerprint density at radius 3 is 1.59 bits per heavy atom. The summed E-state index contributed by atoms with van der Waals surface area (Å²) in [6.45, 7) is -25.1. The molecule has 0 fully saturated rings. The average Bonchev–Trinajstić information content (AvgIpc) is 1.50. The molecule has 2 aliphatic carbocycles. The van der Waals surface area contributed by atoms with Crippen LogP contribution in [0.25, 0.3) is 22.3 Å². The van der Waals surface area contributed by atoms with E-state index in [2.05, 4.69) is 9.97 Å². The normalized spacial score (nSPS) is 20.7. The summed E-state index contributed by atoms with van der Waals surface area (Å²) in [7, 11) is 0. The number of thioether (sulfide) groups is 2. The van der Waals surface area contributed by atoms with E-state index in [-0.39, 0.29) is 57.8 Å². The number of alkyl halides is 6. The van der Waals surface area contributed by atoms with Gasteiger partial charge in [-0.25, -0.2) is 8.78 Å². The van der Waals surface area contributed by atoms with Gasteiger partial charge in [0.25, 0.3) is 11.1 Å². The molecule has 6 aromatic carbocycles. The van der Waals surface area contributed by atoms with Crippen molar-refractivity contribution < 1.29 is 89.9 Å². The van der Waals surface area contributed by atoms with Crippen LogP contribution in [0.5, 0.6) is 0 Å².